The minimum Gasteiger partial charge on any atom is -0.356 e. The Kier molecular flexibility index (Phi) is 5.20. The number of hydrogen-bond acceptors (Lipinski definition) is 3. The van der Waals surface area contributed by atoms with Crippen molar-refractivity contribution in [3.63, 3.8) is 0 Å². The fourth-order valence-corrected chi connectivity index (χ4v) is 2.69. The molecule has 3 heteroatoms. The average molecular weight is 261 g/mol. The minimum atomic E-state index is 0.777. The molecule has 1 aliphatic rings. The lowest BCUT2D eigenvalue weighted by Crippen LogP contribution is -2.22. The zero-order chi connectivity index (χ0) is 13.7. The van der Waals surface area contributed by atoms with Crippen molar-refractivity contribution in [1.29, 1.82) is 0 Å². The van der Waals surface area contributed by atoms with Gasteiger partial charge >= 0.3 is 0 Å². The SMILES string of the molecule is CCCNCc1ccnc(N2CCC(C(C)C)C2)c1. The first kappa shape index (κ1) is 14.3. The Morgan fingerprint density at radius 2 is 2.32 bits per heavy atom. The Morgan fingerprint density at radius 3 is 3.00 bits per heavy atom. The van der Waals surface area contributed by atoms with Crippen LogP contribution in [-0.2, 0) is 6.54 Å². The van der Waals surface area contributed by atoms with E-state index in [1.54, 1.807) is 0 Å². The van der Waals surface area contributed by atoms with Crippen LogP contribution in [-0.4, -0.2) is 24.6 Å². The van der Waals surface area contributed by atoms with Crippen molar-refractivity contribution in [3.8, 4) is 0 Å². The predicted molar refractivity (Wildman–Crippen MR) is 81.4 cm³/mol. The van der Waals surface area contributed by atoms with Crippen LogP contribution in [0.2, 0.25) is 0 Å². The van der Waals surface area contributed by atoms with Crippen LogP contribution in [0.25, 0.3) is 0 Å². The molecule has 2 rings (SSSR count). The van der Waals surface area contributed by atoms with E-state index in [1.165, 1.54) is 18.4 Å². The molecule has 0 aromatic carbocycles. The summed E-state index contributed by atoms with van der Waals surface area (Å²) in [4.78, 5) is 6.98. The van der Waals surface area contributed by atoms with Crippen LogP contribution in [0, 0.1) is 11.8 Å². The second-order valence-corrected chi connectivity index (χ2v) is 5.94. The average Bonchev–Trinajstić information content (AvgIpc) is 2.89. The molecule has 2 heterocycles. The first-order valence-electron chi connectivity index (χ1n) is 7.61. The first-order chi connectivity index (χ1) is 9.20. The molecule has 0 bridgehead atoms. The van der Waals surface area contributed by atoms with E-state index in [0.717, 1.165) is 43.8 Å². The number of anilines is 1. The summed E-state index contributed by atoms with van der Waals surface area (Å²) in [5.74, 6) is 2.75. The van der Waals surface area contributed by atoms with Gasteiger partial charge in [0.15, 0.2) is 0 Å². The fraction of sp³-hybridized carbons (Fsp3) is 0.688. The highest BCUT2D eigenvalue weighted by Crippen LogP contribution is 2.27. The van der Waals surface area contributed by atoms with Crippen molar-refractivity contribution >= 4 is 5.82 Å². The number of nitrogens with zero attached hydrogens (tertiary/aromatic N) is 2. The first-order valence-corrected chi connectivity index (χ1v) is 7.61. The lowest BCUT2D eigenvalue weighted by Gasteiger charge is -2.19. The molecule has 1 aromatic heterocycles. The highest BCUT2D eigenvalue weighted by atomic mass is 15.2. The van der Waals surface area contributed by atoms with Crippen molar-refractivity contribution in [2.24, 2.45) is 11.8 Å². The highest BCUT2D eigenvalue weighted by molar-refractivity contribution is 5.42. The second-order valence-electron chi connectivity index (χ2n) is 5.94. The monoisotopic (exact) mass is 261 g/mol. The Balaban J connectivity index is 1.95. The van der Waals surface area contributed by atoms with Gasteiger partial charge in [0, 0.05) is 25.8 Å². The van der Waals surface area contributed by atoms with Crippen molar-refractivity contribution in [2.75, 3.05) is 24.5 Å². The summed E-state index contributed by atoms with van der Waals surface area (Å²) in [6.07, 6.45) is 4.43. The number of hydrogen-bond donors (Lipinski definition) is 1. The molecule has 1 aliphatic heterocycles. The molecule has 0 radical (unpaired) electrons. The van der Waals surface area contributed by atoms with Gasteiger partial charge in [-0.15, -0.1) is 0 Å². The van der Waals surface area contributed by atoms with E-state index in [2.05, 4.69) is 48.1 Å². The Morgan fingerprint density at radius 1 is 1.47 bits per heavy atom. The van der Waals surface area contributed by atoms with Crippen LogP contribution >= 0.6 is 0 Å². The Labute approximate surface area is 117 Å². The minimum absolute atomic E-state index is 0.777. The Hall–Kier alpha value is -1.09. The molecule has 1 N–H and O–H groups in total. The standard InChI is InChI=1S/C16H27N3/c1-4-7-17-11-14-5-8-18-16(10-14)19-9-6-15(12-19)13(2)3/h5,8,10,13,15,17H,4,6-7,9,11-12H2,1-3H3. The van der Waals surface area contributed by atoms with Gasteiger partial charge in [-0.2, -0.15) is 0 Å². The van der Waals surface area contributed by atoms with Gasteiger partial charge in [0.2, 0.25) is 0 Å². The lowest BCUT2D eigenvalue weighted by molar-refractivity contribution is 0.422. The molecule has 1 atom stereocenters. The molecule has 0 aliphatic carbocycles. The lowest BCUT2D eigenvalue weighted by atomic mass is 9.95. The Bertz CT molecular complexity index is 389. The van der Waals surface area contributed by atoms with Crippen LogP contribution in [0.5, 0.6) is 0 Å². The van der Waals surface area contributed by atoms with Crippen molar-refractivity contribution < 1.29 is 0 Å². The van der Waals surface area contributed by atoms with Gasteiger partial charge in [0.05, 0.1) is 0 Å². The van der Waals surface area contributed by atoms with Gasteiger partial charge in [0.25, 0.3) is 0 Å². The van der Waals surface area contributed by atoms with Crippen LogP contribution in [0.15, 0.2) is 18.3 Å². The predicted octanol–water partition coefficient (Wildman–Crippen LogP) is 3.06. The highest BCUT2D eigenvalue weighted by Gasteiger charge is 2.25. The molecular weight excluding hydrogens is 234 g/mol. The van der Waals surface area contributed by atoms with Crippen LogP contribution < -0.4 is 10.2 Å². The molecular formula is C16H27N3. The molecule has 1 fully saturated rings. The zero-order valence-electron chi connectivity index (χ0n) is 12.5. The third-order valence-electron chi connectivity index (χ3n) is 4.06. The summed E-state index contributed by atoms with van der Waals surface area (Å²) in [6.45, 7) is 11.2. The number of aromatic nitrogens is 1. The summed E-state index contributed by atoms with van der Waals surface area (Å²) >= 11 is 0. The van der Waals surface area contributed by atoms with Crippen molar-refractivity contribution in [1.82, 2.24) is 10.3 Å². The maximum absolute atomic E-state index is 4.54. The number of nitrogens with one attached hydrogen (secondary N) is 1. The third kappa shape index (κ3) is 3.93. The number of pyridine rings is 1. The van der Waals surface area contributed by atoms with Crippen molar-refractivity contribution in [2.45, 2.75) is 40.2 Å². The quantitative estimate of drug-likeness (QED) is 0.798. The van der Waals surface area contributed by atoms with Gasteiger partial charge in [-0.3, -0.25) is 0 Å². The molecule has 106 valence electrons. The summed E-state index contributed by atoms with van der Waals surface area (Å²) in [7, 11) is 0. The van der Waals surface area contributed by atoms with Crippen molar-refractivity contribution in [3.05, 3.63) is 23.9 Å². The largest absolute Gasteiger partial charge is 0.356 e. The fourth-order valence-electron chi connectivity index (χ4n) is 2.69. The van der Waals surface area contributed by atoms with Gasteiger partial charge in [-0.25, -0.2) is 4.98 Å². The van der Waals surface area contributed by atoms with E-state index in [4.69, 9.17) is 0 Å². The van der Waals surface area contributed by atoms with Crippen LogP contribution in [0.4, 0.5) is 5.82 Å². The van der Waals surface area contributed by atoms with E-state index < -0.39 is 0 Å². The molecule has 0 amide bonds. The maximum atomic E-state index is 4.54. The molecule has 1 aromatic rings. The molecule has 0 spiro atoms. The van der Waals surface area contributed by atoms with E-state index in [0.29, 0.717) is 0 Å². The summed E-state index contributed by atoms with van der Waals surface area (Å²) in [5.41, 5.74) is 1.34. The van der Waals surface area contributed by atoms with Gasteiger partial charge < -0.3 is 10.2 Å². The van der Waals surface area contributed by atoms with E-state index >= 15 is 0 Å². The van der Waals surface area contributed by atoms with E-state index in [1.807, 2.05) is 6.20 Å². The second kappa shape index (κ2) is 6.90. The summed E-state index contributed by atoms with van der Waals surface area (Å²) in [6, 6.07) is 4.35. The van der Waals surface area contributed by atoms with Crippen LogP contribution in [0.1, 0.15) is 39.2 Å². The summed E-state index contributed by atoms with van der Waals surface area (Å²) in [5, 5.41) is 3.45. The normalized spacial score (nSPS) is 19.4. The van der Waals surface area contributed by atoms with Crippen LogP contribution in [0.3, 0.4) is 0 Å². The maximum Gasteiger partial charge on any atom is 0.128 e. The zero-order valence-corrected chi connectivity index (χ0v) is 12.5. The molecule has 19 heavy (non-hydrogen) atoms. The van der Waals surface area contributed by atoms with Gasteiger partial charge in [-0.05, 0) is 48.9 Å². The van der Waals surface area contributed by atoms with E-state index in [-0.39, 0.29) is 0 Å². The molecule has 1 unspecified atom stereocenters. The molecule has 3 nitrogen and oxygen atoms in total. The number of rotatable bonds is 6. The smallest absolute Gasteiger partial charge is 0.128 e. The van der Waals surface area contributed by atoms with Gasteiger partial charge in [-0.1, -0.05) is 20.8 Å². The van der Waals surface area contributed by atoms with Gasteiger partial charge in [0.1, 0.15) is 5.82 Å². The molecule has 1 saturated heterocycles. The molecule has 0 saturated carbocycles. The summed E-state index contributed by atoms with van der Waals surface area (Å²) < 4.78 is 0. The topological polar surface area (TPSA) is 28.2 Å². The third-order valence-corrected chi connectivity index (χ3v) is 4.06. The van der Waals surface area contributed by atoms with E-state index in [9.17, 15) is 0 Å².